The summed E-state index contributed by atoms with van der Waals surface area (Å²) in [6.45, 7) is 0.867. The Morgan fingerprint density at radius 3 is 2.42 bits per heavy atom. The van der Waals surface area contributed by atoms with Crippen molar-refractivity contribution in [2.24, 2.45) is 5.92 Å². The Bertz CT molecular complexity index is 1350. The Balaban J connectivity index is 1.71. The van der Waals surface area contributed by atoms with Crippen molar-refractivity contribution in [3.05, 3.63) is 65.2 Å². The molecule has 0 radical (unpaired) electrons. The van der Waals surface area contributed by atoms with Crippen molar-refractivity contribution in [2.75, 3.05) is 22.7 Å². The molecule has 0 spiro atoms. The van der Waals surface area contributed by atoms with Gasteiger partial charge in [-0.1, -0.05) is 35.9 Å². The molecule has 1 fully saturated rings. The predicted molar refractivity (Wildman–Crippen MR) is 119 cm³/mol. The summed E-state index contributed by atoms with van der Waals surface area (Å²) in [4.78, 5) is 12.7. The van der Waals surface area contributed by atoms with Crippen LogP contribution >= 0.6 is 11.6 Å². The number of carboxylic acids is 1. The molecule has 11 heteroatoms. The van der Waals surface area contributed by atoms with Crippen molar-refractivity contribution in [1.82, 2.24) is 0 Å². The first-order valence-electron chi connectivity index (χ1n) is 9.86. The Morgan fingerprint density at radius 2 is 1.79 bits per heavy atom. The number of benzene rings is 3. The zero-order chi connectivity index (χ0) is 24.0. The van der Waals surface area contributed by atoms with E-state index < -0.39 is 43.6 Å². The number of anilines is 2. The normalized spacial score (nSPS) is 16.8. The van der Waals surface area contributed by atoms with Gasteiger partial charge < -0.3 is 10.0 Å². The van der Waals surface area contributed by atoms with E-state index in [9.17, 15) is 31.5 Å². The fraction of sp³-hybridized carbons (Fsp3) is 0.227. The highest BCUT2D eigenvalue weighted by atomic mass is 35.5. The van der Waals surface area contributed by atoms with E-state index in [1.54, 1.807) is 30.3 Å². The van der Waals surface area contributed by atoms with Crippen LogP contribution in [-0.2, 0) is 21.0 Å². The van der Waals surface area contributed by atoms with Crippen LogP contribution in [0, 0.1) is 5.92 Å². The molecule has 1 aliphatic heterocycles. The summed E-state index contributed by atoms with van der Waals surface area (Å²) in [7, 11) is -4.36. The molecule has 0 saturated carbocycles. The third-order valence-electron chi connectivity index (χ3n) is 5.58. The SMILES string of the molecule is O=C(O)[C@@H]1CCN(c2ccc(NS(=O)(=O)c3ccc(Cl)c(C(F)(F)F)c3)c3ccccc23)C1. The van der Waals surface area contributed by atoms with Crippen molar-refractivity contribution >= 4 is 49.7 Å². The number of hydrogen-bond acceptors (Lipinski definition) is 4. The smallest absolute Gasteiger partial charge is 0.417 e. The second-order valence-corrected chi connectivity index (χ2v) is 9.78. The number of hydrogen-bond donors (Lipinski definition) is 2. The number of rotatable bonds is 5. The molecule has 174 valence electrons. The van der Waals surface area contributed by atoms with Gasteiger partial charge in [-0.2, -0.15) is 13.2 Å². The molecule has 1 heterocycles. The van der Waals surface area contributed by atoms with Crippen molar-refractivity contribution < 1.29 is 31.5 Å². The lowest BCUT2D eigenvalue weighted by molar-refractivity contribution is -0.141. The third-order valence-corrected chi connectivity index (χ3v) is 7.27. The number of nitrogens with zero attached hydrogens (tertiary/aromatic N) is 1. The lowest BCUT2D eigenvalue weighted by atomic mass is 10.1. The number of sulfonamides is 1. The van der Waals surface area contributed by atoms with Crippen LogP contribution in [0.1, 0.15) is 12.0 Å². The van der Waals surface area contributed by atoms with Crippen molar-refractivity contribution in [3.8, 4) is 0 Å². The zero-order valence-corrected chi connectivity index (χ0v) is 18.5. The summed E-state index contributed by atoms with van der Waals surface area (Å²) in [5, 5.41) is 9.90. The van der Waals surface area contributed by atoms with Crippen LogP contribution in [0.3, 0.4) is 0 Å². The Morgan fingerprint density at radius 1 is 1.09 bits per heavy atom. The van der Waals surface area contributed by atoms with Gasteiger partial charge >= 0.3 is 12.1 Å². The number of alkyl halides is 3. The molecule has 0 aliphatic carbocycles. The Kier molecular flexibility index (Phi) is 5.92. The standard InChI is InChI=1S/C22H18ClF3N2O4S/c23-18-6-5-14(11-17(18)22(24,25)26)33(31,32)27-19-7-8-20(16-4-2-1-3-15(16)19)28-10-9-13(12-28)21(29)30/h1-8,11,13,27H,9-10,12H2,(H,29,30)/t13-/m1/s1. The van der Waals surface area contributed by atoms with E-state index in [4.69, 9.17) is 11.6 Å². The summed E-state index contributed by atoms with van der Waals surface area (Å²) in [6.07, 6.45) is -4.31. The molecule has 33 heavy (non-hydrogen) atoms. The van der Waals surface area contributed by atoms with E-state index in [0.29, 0.717) is 36.3 Å². The summed E-state index contributed by atoms with van der Waals surface area (Å²) in [6, 6.07) is 12.5. The van der Waals surface area contributed by atoms with Crippen LogP contribution in [-0.4, -0.2) is 32.6 Å². The molecule has 3 aromatic carbocycles. The number of aliphatic carboxylic acids is 1. The minimum absolute atomic E-state index is 0.187. The highest BCUT2D eigenvalue weighted by molar-refractivity contribution is 7.92. The van der Waals surface area contributed by atoms with Gasteiger partial charge in [0, 0.05) is 29.5 Å². The second-order valence-electron chi connectivity index (χ2n) is 7.69. The lowest BCUT2D eigenvalue weighted by Crippen LogP contribution is -2.23. The molecule has 1 saturated heterocycles. The quantitative estimate of drug-likeness (QED) is 0.503. The monoisotopic (exact) mass is 498 g/mol. The predicted octanol–water partition coefficient (Wildman–Crippen LogP) is 5.22. The number of carbonyl (C=O) groups is 1. The molecular formula is C22H18ClF3N2O4S. The van der Waals surface area contributed by atoms with Gasteiger partial charge in [-0.3, -0.25) is 9.52 Å². The van der Waals surface area contributed by atoms with Gasteiger partial charge in [-0.25, -0.2) is 8.42 Å². The Hall–Kier alpha value is -2.98. The van der Waals surface area contributed by atoms with Crippen molar-refractivity contribution in [2.45, 2.75) is 17.5 Å². The molecule has 3 aromatic rings. The van der Waals surface area contributed by atoms with E-state index in [2.05, 4.69) is 4.72 Å². The van der Waals surface area contributed by atoms with Gasteiger partial charge in [0.2, 0.25) is 0 Å². The minimum Gasteiger partial charge on any atom is -0.481 e. The minimum atomic E-state index is -4.81. The van der Waals surface area contributed by atoms with Crippen LogP contribution in [0.2, 0.25) is 5.02 Å². The van der Waals surface area contributed by atoms with E-state index >= 15 is 0 Å². The number of fused-ring (bicyclic) bond motifs is 1. The fourth-order valence-electron chi connectivity index (χ4n) is 3.92. The molecule has 0 unspecified atom stereocenters. The highest BCUT2D eigenvalue weighted by Gasteiger charge is 2.35. The molecular weight excluding hydrogens is 481 g/mol. The van der Waals surface area contributed by atoms with Crippen LogP contribution in [0.4, 0.5) is 24.5 Å². The van der Waals surface area contributed by atoms with Crippen LogP contribution in [0.5, 0.6) is 0 Å². The second kappa shape index (κ2) is 8.42. The molecule has 1 atom stereocenters. The van der Waals surface area contributed by atoms with Crippen molar-refractivity contribution in [3.63, 3.8) is 0 Å². The molecule has 0 bridgehead atoms. The van der Waals surface area contributed by atoms with Gasteiger partial charge in [-0.15, -0.1) is 0 Å². The number of halogens is 4. The molecule has 0 aromatic heterocycles. The maximum atomic E-state index is 13.2. The van der Waals surface area contributed by atoms with E-state index in [0.717, 1.165) is 17.8 Å². The first kappa shape index (κ1) is 23.2. The van der Waals surface area contributed by atoms with E-state index in [1.165, 1.54) is 6.07 Å². The Labute approximate surface area is 192 Å². The first-order chi connectivity index (χ1) is 15.5. The summed E-state index contributed by atoms with van der Waals surface area (Å²) in [5.74, 6) is -1.36. The van der Waals surface area contributed by atoms with Crippen LogP contribution in [0.25, 0.3) is 10.8 Å². The average molecular weight is 499 g/mol. The van der Waals surface area contributed by atoms with Crippen LogP contribution < -0.4 is 9.62 Å². The van der Waals surface area contributed by atoms with Gasteiger partial charge in [-0.05, 0) is 36.8 Å². The maximum Gasteiger partial charge on any atom is 0.417 e. The molecule has 0 amide bonds. The number of carboxylic acid groups (broad SMARTS) is 1. The summed E-state index contributed by atoms with van der Waals surface area (Å²) >= 11 is 5.60. The zero-order valence-electron chi connectivity index (χ0n) is 16.9. The summed E-state index contributed by atoms with van der Waals surface area (Å²) < 4.78 is 67.7. The lowest BCUT2D eigenvalue weighted by Gasteiger charge is -2.22. The molecule has 2 N–H and O–H groups in total. The third kappa shape index (κ3) is 4.58. The van der Waals surface area contributed by atoms with Gasteiger partial charge in [0.15, 0.2) is 0 Å². The van der Waals surface area contributed by atoms with Crippen molar-refractivity contribution in [1.29, 1.82) is 0 Å². The van der Waals surface area contributed by atoms with Gasteiger partial charge in [0.1, 0.15) is 0 Å². The van der Waals surface area contributed by atoms with Gasteiger partial charge in [0.25, 0.3) is 10.0 Å². The maximum absolute atomic E-state index is 13.2. The number of nitrogens with one attached hydrogen (secondary N) is 1. The van der Waals surface area contributed by atoms with Crippen LogP contribution in [0.15, 0.2) is 59.5 Å². The molecule has 6 nitrogen and oxygen atoms in total. The fourth-order valence-corrected chi connectivity index (χ4v) is 5.25. The molecule has 4 rings (SSSR count). The average Bonchev–Trinajstić information content (AvgIpc) is 3.23. The van der Waals surface area contributed by atoms with Gasteiger partial charge in [0.05, 0.1) is 27.1 Å². The van der Waals surface area contributed by atoms with E-state index in [-0.39, 0.29) is 5.69 Å². The largest absolute Gasteiger partial charge is 0.481 e. The highest BCUT2D eigenvalue weighted by Crippen LogP contribution is 2.38. The molecule has 1 aliphatic rings. The summed E-state index contributed by atoms with van der Waals surface area (Å²) in [5.41, 5.74) is -0.302. The first-order valence-corrected chi connectivity index (χ1v) is 11.7. The topological polar surface area (TPSA) is 86.7 Å². The van der Waals surface area contributed by atoms with E-state index in [1.807, 2.05) is 4.90 Å².